The van der Waals surface area contributed by atoms with Crippen LogP contribution in [0.15, 0.2) is 12.1 Å². The number of fused-ring (bicyclic) bond motifs is 2. The first kappa shape index (κ1) is 21.7. The Bertz CT molecular complexity index is 719. The van der Waals surface area contributed by atoms with E-state index in [2.05, 4.69) is 20.8 Å². The minimum absolute atomic E-state index is 0.0310. The molecule has 3 aliphatic carbocycles. The predicted octanol–water partition coefficient (Wildman–Crippen LogP) is 6.21. The molecule has 5 rings (SSSR count). The summed E-state index contributed by atoms with van der Waals surface area (Å²) >= 11 is 3.94. The van der Waals surface area contributed by atoms with Gasteiger partial charge in [0.1, 0.15) is 11.5 Å². The number of benzene rings is 1. The number of hydrogen-bond donors (Lipinski definition) is 3. The van der Waals surface area contributed by atoms with Crippen LogP contribution < -0.4 is 0 Å². The fourth-order valence-corrected chi connectivity index (χ4v) is 9.46. The SMILES string of the molecule is CCCCCCC1(c2cc(O)c(C3C[C@@H](O)C4CC3C4(C)C)c(O)c2)SCCS1. The van der Waals surface area contributed by atoms with Crippen molar-refractivity contribution in [2.45, 2.75) is 81.8 Å². The van der Waals surface area contributed by atoms with E-state index >= 15 is 0 Å². The Morgan fingerprint density at radius 3 is 2.17 bits per heavy atom. The Morgan fingerprint density at radius 2 is 1.62 bits per heavy atom. The lowest BCUT2D eigenvalue weighted by Crippen LogP contribution is -2.57. The number of aliphatic hydroxyl groups is 1. The van der Waals surface area contributed by atoms with Crippen molar-refractivity contribution in [1.82, 2.24) is 0 Å². The van der Waals surface area contributed by atoms with E-state index in [1.54, 1.807) is 0 Å². The normalized spacial score (nSPS) is 32.1. The quantitative estimate of drug-likeness (QED) is 0.444. The second-order valence-electron chi connectivity index (χ2n) is 9.87. The highest BCUT2D eigenvalue weighted by molar-refractivity contribution is 8.20. The number of unbranched alkanes of at least 4 members (excludes halogenated alkanes) is 3. The van der Waals surface area contributed by atoms with Gasteiger partial charge < -0.3 is 15.3 Å². The molecule has 1 aromatic carbocycles. The zero-order chi connectivity index (χ0) is 20.8. The van der Waals surface area contributed by atoms with Gasteiger partial charge in [0.05, 0.1) is 10.2 Å². The van der Waals surface area contributed by atoms with Crippen LogP contribution in [0, 0.1) is 17.3 Å². The number of phenolic OH excluding ortho intramolecular Hbond substituents is 2. The Morgan fingerprint density at radius 1 is 0.966 bits per heavy atom. The average molecular weight is 437 g/mol. The van der Waals surface area contributed by atoms with Gasteiger partial charge in [0, 0.05) is 17.1 Å². The Labute approximate surface area is 184 Å². The van der Waals surface area contributed by atoms with Gasteiger partial charge >= 0.3 is 0 Å². The van der Waals surface area contributed by atoms with Crippen molar-refractivity contribution in [1.29, 1.82) is 0 Å². The van der Waals surface area contributed by atoms with Crippen LogP contribution in [0.1, 0.15) is 82.8 Å². The van der Waals surface area contributed by atoms with Gasteiger partial charge in [0.15, 0.2) is 0 Å². The Balaban J connectivity index is 1.61. The van der Waals surface area contributed by atoms with Gasteiger partial charge in [0.25, 0.3) is 0 Å². The molecule has 0 amide bonds. The minimum atomic E-state index is -0.343. The molecular weight excluding hydrogens is 400 g/mol. The molecule has 162 valence electrons. The molecule has 3 nitrogen and oxygen atoms in total. The third kappa shape index (κ3) is 3.70. The van der Waals surface area contributed by atoms with Crippen LogP contribution in [0.5, 0.6) is 11.5 Å². The van der Waals surface area contributed by atoms with Gasteiger partial charge in [-0.05, 0) is 60.1 Å². The number of thioether (sulfide) groups is 2. The molecule has 1 saturated heterocycles. The first-order valence-electron chi connectivity index (χ1n) is 11.3. The van der Waals surface area contributed by atoms with Crippen LogP contribution in [0.2, 0.25) is 0 Å². The zero-order valence-electron chi connectivity index (χ0n) is 18.0. The number of hydrogen-bond acceptors (Lipinski definition) is 5. The lowest BCUT2D eigenvalue weighted by molar-refractivity contribution is -0.152. The Kier molecular flexibility index (Phi) is 6.14. The van der Waals surface area contributed by atoms with E-state index in [1.807, 2.05) is 35.7 Å². The molecule has 1 heterocycles. The fourth-order valence-electron chi connectivity index (χ4n) is 6.16. The molecule has 3 N–H and O–H groups in total. The van der Waals surface area contributed by atoms with Gasteiger partial charge in [-0.25, -0.2) is 0 Å². The molecule has 1 aliphatic heterocycles. The number of rotatable bonds is 7. The molecule has 1 aromatic rings. The summed E-state index contributed by atoms with van der Waals surface area (Å²) in [5.41, 5.74) is 1.79. The maximum atomic E-state index is 11.0. The molecule has 4 aliphatic rings. The number of phenols is 2. The second kappa shape index (κ2) is 8.20. The van der Waals surface area contributed by atoms with Crippen molar-refractivity contribution in [2.75, 3.05) is 11.5 Å². The van der Waals surface area contributed by atoms with E-state index in [0.29, 0.717) is 23.8 Å². The van der Waals surface area contributed by atoms with Crippen LogP contribution in [0.4, 0.5) is 0 Å². The largest absolute Gasteiger partial charge is 0.508 e. The van der Waals surface area contributed by atoms with E-state index in [9.17, 15) is 15.3 Å². The van der Waals surface area contributed by atoms with E-state index in [4.69, 9.17) is 0 Å². The van der Waals surface area contributed by atoms with Gasteiger partial charge in [-0.3, -0.25) is 0 Å². The molecule has 3 saturated carbocycles. The highest BCUT2D eigenvalue weighted by Crippen LogP contribution is 2.66. The summed E-state index contributed by atoms with van der Waals surface area (Å²) < 4.78 is -0.0475. The van der Waals surface area contributed by atoms with Crippen molar-refractivity contribution in [3.8, 4) is 11.5 Å². The lowest BCUT2D eigenvalue weighted by Gasteiger charge is -2.62. The molecule has 0 aromatic heterocycles. The predicted molar refractivity (Wildman–Crippen MR) is 124 cm³/mol. The monoisotopic (exact) mass is 436 g/mol. The van der Waals surface area contributed by atoms with Crippen LogP contribution in [-0.4, -0.2) is 32.9 Å². The lowest BCUT2D eigenvalue weighted by atomic mass is 9.44. The van der Waals surface area contributed by atoms with Gasteiger partial charge in [-0.1, -0.05) is 46.5 Å². The highest BCUT2D eigenvalue weighted by atomic mass is 32.2. The first-order valence-corrected chi connectivity index (χ1v) is 13.3. The molecule has 0 spiro atoms. The molecular formula is C24H36O3S2. The van der Waals surface area contributed by atoms with Crippen molar-refractivity contribution in [3.63, 3.8) is 0 Å². The molecule has 3 unspecified atom stereocenters. The molecule has 29 heavy (non-hydrogen) atoms. The maximum Gasteiger partial charge on any atom is 0.123 e. The molecule has 0 radical (unpaired) electrons. The number of aliphatic hydroxyl groups excluding tert-OH is 1. The topological polar surface area (TPSA) is 60.7 Å². The van der Waals surface area contributed by atoms with Gasteiger partial charge in [0.2, 0.25) is 0 Å². The van der Waals surface area contributed by atoms with Crippen LogP contribution >= 0.6 is 23.5 Å². The van der Waals surface area contributed by atoms with Gasteiger partial charge in [-0.15, -0.1) is 23.5 Å². The standard InChI is InChI=1S/C24H36O3S2/c1-4-5-6-7-8-24(28-9-10-29-24)15-11-20(26)22(21(27)12-15)16-13-19(25)18-14-17(16)23(18,2)3/h11-12,16-19,25-27H,4-10,13-14H2,1-3H3/t16?,17?,18?,19-/m1/s1. The van der Waals surface area contributed by atoms with Crippen LogP contribution in [0.25, 0.3) is 0 Å². The zero-order valence-corrected chi connectivity index (χ0v) is 19.6. The summed E-state index contributed by atoms with van der Waals surface area (Å²) in [4.78, 5) is 0. The second-order valence-corrected chi connectivity index (χ2v) is 12.9. The van der Waals surface area contributed by atoms with Crippen molar-refractivity contribution >= 4 is 23.5 Å². The van der Waals surface area contributed by atoms with Crippen LogP contribution in [-0.2, 0) is 4.08 Å². The summed E-state index contributed by atoms with van der Waals surface area (Å²) in [6.07, 6.45) is 7.30. The third-order valence-corrected chi connectivity index (χ3v) is 11.5. The smallest absolute Gasteiger partial charge is 0.123 e. The summed E-state index contributed by atoms with van der Waals surface area (Å²) in [5.74, 6) is 3.48. The minimum Gasteiger partial charge on any atom is -0.508 e. The first-order chi connectivity index (χ1) is 13.8. The van der Waals surface area contributed by atoms with Gasteiger partial charge in [-0.2, -0.15) is 0 Å². The van der Waals surface area contributed by atoms with Crippen molar-refractivity contribution in [2.24, 2.45) is 17.3 Å². The molecule has 2 bridgehead atoms. The summed E-state index contributed by atoms with van der Waals surface area (Å²) in [5, 5.41) is 32.7. The molecule has 5 heteroatoms. The summed E-state index contributed by atoms with van der Waals surface area (Å²) in [6.45, 7) is 6.68. The summed E-state index contributed by atoms with van der Waals surface area (Å²) in [6, 6.07) is 3.84. The third-order valence-electron chi connectivity index (χ3n) is 7.92. The fraction of sp³-hybridized carbons (Fsp3) is 0.750. The van der Waals surface area contributed by atoms with Crippen molar-refractivity contribution < 1.29 is 15.3 Å². The summed E-state index contributed by atoms with van der Waals surface area (Å²) in [7, 11) is 0. The van der Waals surface area contributed by atoms with E-state index in [1.165, 1.54) is 25.7 Å². The maximum absolute atomic E-state index is 11.0. The van der Waals surface area contributed by atoms with Crippen molar-refractivity contribution in [3.05, 3.63) is 23.3 Å². The molecule has 4 atom stereocenters. The van der Waals surface area contributed by atoms with Crippen LogP contribution in [0.3, 0.4) is 0 Å². The van der Waals surface area contributed by atoms with E-state index in [-0.39, 0.29) is 33.0 Å². The highest BCUT2D eigenvalue weighted by Gasteiger charge is 2.59. The number of aromatic hydroxyl groups is 2. The Hall–Kier alpha value is -0.520. The van der Waals surface area contributed by atoms with E-state index < -0.39 is 0 Å². The average Bonchev–Trinajstić information content (AvgIpc) is 3.14. The molecule has 4 fully saturated rings. The van der Waals surface area contributed by atoms with E-state index in [0.717, 1.165) is 29.9 Å².